The van der Waals surface area contributed by atoms with Gasteiger partial charge in [-0.25, -0.2) is 5.01 Å². The van der Waals surface area contributed by atoms with Gasteiger partial charge in [0, 0.05) is 24.9 Å². The van der Waals surface area contributed by atoms with E-state index < -0.39 is 0 Å². The molecule has 1 aromatic carbocycles. The number of carbonyl (C=O) groups is 1. The van der Waals surface area contributed by atoms with Gasteiger partial charge < -0.3 is 9.73 Å². The Balaban J connectivity index is 1.35. The molecule has 1 aliphatic heterocycles. The molecule has 6 nitrogen and oxygen atoms in total. The molecule has 0 unspecified atom stereocenters. The Morgan fingerprint density at radius 1 is 1.19 bits per heavy atom. The van der Waals surface area contributed by atoms with Crippen LogP contribution in [0.1, 0.15) is 53.8 Å². The highest BCUT2D eigenvalue weighted by Gasteiger charge is 2.36. The van der Waals surface area contributed by atoms with Crippen molar-refractivity contribution in [1.29, 1.82) is 0 Å². The normalized spacial score (nSPS) is 19.3. The number of hydrogen-bond donors (Lipinski definition) is 1. The van der Waals surface area contributed by atoms with E-state index in [1.165, 1.54) is 18.4 Å². The maximum absolute atomic E-state index is 13.3. The topological polar surface area (TPSA) is 70.7 Å². The van der Waals surface area contributed by atoms with E-state index in [2.05, 4.69) is 47.6 Å². The molecule has 1 N–H and O–H groups in total. The van der Waals surface area contributed by atoms with Crippen molar-refractivity contribution in [2.45, 2.75) is 38.3 Å². The molecule has 158 valence electrons. The van der Waals surface area contributed by atoms with Crippen molar-refractivity contribution in [2.24, 2.45) is 11.0 Å². The Hall–Kier alpha value is -3.25. The van der Waals surface area contributed by atoms with Crippen molar-refractivity contribution < 1.29 is 9.21 Å². The van der Waals surface area contributed by atoms with Gasteiger partial charge >= 0.3 is 0 Å². The summed E-state index contributed by atoms with van der Waals surface area (Å²) in [5.41, 5.74) is 4.27. The van der Waals surface area contributed by atoms with Crippen LogP contribution in [0.5, 0.6) is 0 Å². The smallest absolute Gasteiger partial charge is 0.257 e. The van der Waals surface area contributed by atoms with E-state index >= 15 is 0 Å². The molecule has 0 radical (unpaired) electrons. The molecule has 3 aromatic rings. The molecule has 1 saturated carbocycles. The number of rotatable bonds is 7. The summed E-state index contributed by atoms with van der Waals surface area (Å²) in [5, 5.41) is 9.79. The Labute approximate surface area is 182 Å². The molecule has 2 atom stereocenters. The highest BCUT2D eigenvalue weighted by molar-refractivity contribution is 6.03. The summed E-state index contributed by atoms with van der Waals surface area (Å²) in [6, 6.07) is 16.0. The number of hydrazone groups is 1. The van der Waals surface area contributed by atoms with Gasteiger partial charge in [-0.05, 0) is 55.0 Å². The zero-order chi connectivity index (χ0) is 21.2. The monoisotopic (exact) mass is 414 g/mol. The molecule has 1 aliphatic carbocycles. The number of nitrogens with one attached hydrogen (secondary N) is 1. The number of furan rings is 1. The van der Waals surface area contributed by atoms with Gasteiger partial charge in [0.05, 0.1) is 18.5 Å². The van der Waals surface area contributed by atoms with E-state index in [0.717, 1.165) is 22.6 Å². The minimum absolute atomic E-state index is 0.0574. The molecule has 5 rings (SSSR count). The Morgan fingerprint density at radius 3 is 2.71 bits per heavy atom. The van der Waals surface area contributed by atoms with Crippen molar-refractivity contribution in [3.05, 3.63) is 89.6 Å². The molecule has 1 amide bonds. The van der Waals surface area contributed by atoms with Crippen LogP contribution in [0.4, 0.5) is 0 Å². The SMILES string of the molecule is Cc1ccc(C2=NN(C(=O)CN[C@@H](c3cccnc3)C3CC3)[C@H](c3ccco3)C2)cc1. The van der Waals surface area contributed by atoms with Crippen LogP contribution in [0.15, 0.2) is 76.7 Å². The van der Waals surface area contributed by atoms with Crippen LogP contribution in [-0.4, -0.2) is 28.2 Å². The van der Waals surface area contributed by atoms with Gasteiger partial charge in [0.1, 0.15) is 11.8 Å². The maximum Gasteiger partial charge on any atom is 0.257 e. The molecule has 2 aromatic heterocycles. The molecule has 0 bridgehead atoms. The first-order valence-corrected chi connectivity index (χ1v) is 10.8. The van der Waals surface area contributed by atoms with E-state index in [-0.39, 0.29) is 24.5 Å². The number of benzene rings is 1. The zero-order valence-corrected chi connectivity index (χ0v) is 17.6. The van der Waals surface area contributed by atoms with Crippen LogP contribution in [0.3, 0.4) is 0 Å². The highest BCUT2D eigenvalue weighted by Crippen LogP contribution is 2.41. The predicted molar refractivity (Wildman–Crippen MR) is 118 cm³/mol. The second-order valence-corrected chi connectivity index (χ2v) is 8.37. The molecule has 6 heteroatoms. The fourth-order valence-corrected chi connectivity index (χ4v) is 4.19. The lowest BCUT2D eigenvalue weighted by molar-refractivity contribution is -0.132. The summed E-state index contributed by atoms with van der Waals surface area (Å²) in [7, 11) is 0. The summed E-state index contributed by atoms with van der Waals surface area (Å²) < 4.78 is 5.65. The van der Waals surface area contributed by atoms with Gasteiger partial charge in [0.25, 0.3) is 5.91 Å². The molecular formula is C25H26N4O2. The Morgan fingerprint density at radius 2 is 2.03 bits per heavy atom. The summed E-state index contributed by atoms with van der Waals surface area (Å²) in [4.78, 5) is 17.5. The third-order valence-corrected chi connectivity index (χ3v) is 6.03. The number of aromatic nitrogens is 1. The first kappa shape index (κ1) is 19.7. The zero-order valence-electron chi connectivity index (χ0n) is 17.6. The quantitative estimate of drug-likeness (QED) is 0.622. The maximum atomic E-state index is 13.3. The van der Waals surface area contributed by atoms with Gasteiger partial charge in [-0.3, -0.25) is 9.78 Å². The summed E-state index contributed by atoms with van der Waals surface area (Å²) in [6.07, 6.45) is 8.29. The van der Waals surface area contributed by atoms with Crippen molar-refractivity contribution in [3.63, 3.8) is 0 Å². The molecule has 1 fully saturated rings. The van der Waals surface area contributed by atoms with Crippen LogP contribution < -0.4 is 5.32 Å². The third kappa shape index (κ3) is 4.30. The molecular weight excluding hydrogens is 388 g/mol. The third-order valence-electron chi connectivity index (χ3n) is 6.03. The summed E-state index contributed by atoms with van der Waals surface area (Å²) >= 11 is 0. The first-order valence-electron chi connectivity index (χ1n) is 10.8. The van der Waals surface area contributed by atoms with Crippen molar-refractivity contribution in [2.75, 3.05) is 6.54 Å². The molecule has 0 spiro atoms. The van der Waals surface area contributed by atoms with Gasteiger partial charge in [-0.2, -0.15) is 5.10 Å². The highest BCUT2D eigenvalue weighted by atomic mass is 16.3. The summed E-state index contributed by atoms with van der Waals surface area (Å²) in [5.74, 6) is 1.26. The predicted octanol–water partition coefficient (Wildman–Crippen LogP) is 4.40. The van der Waals surface area contributed by atoms with E-state index in [4.69, 9.17) is 9.52 Å². The van der Waals surface area contributed by atoms with Crippen molar-refractivity contribution in [1.82, 2.24) is 15.3 Å². The lowest BCUT2D eigenvalue weighted by Crippen LogP contribution is -2.37. The number of nitrogens with zero attached hydrogens (tertiary/aromatic N) is 3. The van der Waals surface area contributed by atoms with Crippen LogP contribution in [0, 0.1) is 12.8 Å². The Bertz CT molecular complexity index is 1060. The molecule has 3 heterocycles. The minimum Gasteiger partial charge on any atom is -0.467 e. The van der Waals surface area contributed by atoms with Crippen LogP contribution in [0.2, 0.25) is 0 Å². The van der Waals surface area contributed by atoms with Crippen LogP contribution >= 0.6 is 0 Å². The Kier molecular flexibility index (Phi) is 5.38. The fraction of sp³-hybridized carbons (Fsp3) is 0.320. The van der Waals surface area contributed by atoms with E-state index in [9.17, 15) is 4.79 Å². The van der Waals surface area contributed by atoms with Crippen molar-refractivity contribution in [3.8, 4) is 0 Å². The number of amides is 1. The number of carbonyl (C=O) groups excluding carboxylic acids is 1. The van der Waals surface area contributed by atoms with Gasteiger partial charge in [0.2, 0.25) is 0 Å². The second-order valence-electron chi connectivity index (χ2n) is 8.37. The number of aryl methyl sites for hydroxylation is 1. The van der Waals surface area contributed by atoms with Crippen molar-refractivity contribution >= 4 is 11.6 Å². The van der Waals surface area contributed by atoms with E-state index in [1.807, 2.05) is 24.4 Å². The first-order chi connectivity index (χ1) is 15.2. The second kappa shape index (κ2) is 8.47. The molecule has 31 heavy (non-hydrogen) atoms. The number of pyridine rings is 1. The van der Waals surface area contributed by atoms with Gasteiger partial charge in [0.15, 0.2) is 0 Å². The van der Waals surface area contributed by atoms with E-state index in [1.54, 1.807) is 17.5 Å². The van der Waals surface area contributed by atoms with Crippen LogP contribution in [0.25, 0.3) is 0 Å². The lowest BCUT2D eigenvalue weighted by Gasteiger charge is -2.23. The number of hydrogen-bond acceptors (Lipinski definition) is 5. The van der Waals surface area contributed by atoms with Gasteiger partial charge in [-0.1, -0.05) is 35.9 Å². The average Bonchev–Trinajstić information content (AvgIpc) is 3.30. The average molecular weight is 415 g/mol. The summed E-state index contributed by atoms with van der Waals surface area (Å²) in [6.45, 7) is 2.28. The fourth-order valence-electron chi connectivity index (χ4n) is 4.19. The van der Waals surface area contributed by atoms with E-state index in [0.29, 0.717) is 12.3 Å². The largest absolute Gasteiger partial charge is 0.467 e. The van der Waals surface area contributed by atoms with Gasteiger partial charge in [-0.15, -0.1) is 0 Å². The van der Waals surface area contributed by atoms with Crippen LogP contribution in [-0.2, 0) is 4.79 Å². The molecule has 0 saturated heterocycles. The molecule has 2 aliphatic rings. The standard InChI is InChI=1S/C25H26N4O2/c1-17-6-8-18(9-7-17)21-14-22(23-5-3-13-31-23)29(28-21)24(30)16-27-25(19-10-11-19)20-4-2-12-26-15-20/h2-9,12-13,15,19,22,25,27H,10-11,14,16H2,1H3/t22-,25+/m0/s1. The lowest BCUT2D eigenvalue weighted by atomic mass is 10.0. The minimum atomic E-state index is -0.224.